The summed E-state index contributed by atoms with van der Waals surface area (Å²) in [7, 11) is 4.28. The highest BCUT2D eigenvalue weighted by atomic mass is 15.3. The molecule has 0 unspecified atom stereocenters. The predicted octanol–water partition coefficient (Wildman–Crippen LogP) is 2.96. The second-order valence-electron chi connectivity index (χ2n) is 10.3. The summed E-state index contributed by atoms with van der Waals surface area (Å²) in [4.78, 5) is 26.6. The van der Waals surface area contributed by atoms with Crippen LogP contribution in [-0.2, 0) is 0 Å². The highest BCUT2D eigenvalue weighted by Gasteiger charge is 2.18. The number of rotatable bonds is 4. The molecule has 0 spiro atoms. The van der Waals surface area contributed by atoms with Crippen molar-refractivity contribution in [3.63, 3.8) is 0 Å². The monoisotopic (exact) mass is 538 g/mol. The first kappa shape index (κ1) is 27.3. The molecule has 4 heterocycles. The molecule has 10 heteroatoms. The lowest BCUT2D eigenvalue weighted by Crippen LogP contribution is -2.44. The number of aromatic nitrogens is 4. The maximum Gasteiger partial charge on any atom is 0.222 e. The van der Waals surface area contributed by atoms with Crippen LogP contribution in [0.5, 0.6) is 0 Å². The molecular formula is C30H38N10. The van der Waals surface area contributed by atoms with E-state index in [0.717, 1.165) is 86.5 Å². The number of nitrogens with zero attached hydrogens (tertiary/aromatic N) is 8. The van der Waals surface area contributed by atoms with Gasteiger partial charge in [-0.3, -0.25) is 0 Å². The third-order valence-corrected chi connectivity index (χ3v) is 7.25. The fourth-order valence-corrected chi connectivity index (χ4v) is 4.81. The van der Waals surface area contributed by atoms with Crippen molar-refractivity contribution in [2.24, 2.45) is 0 Å². The van der Waals surface area contributed by atoms with Crippen molar-refractivity contribution in [3.05, 3.63) is 72.8 Å². The summed E-state index contributed by atoms with van der Waals surface area (Å²) in [5, 5.41) is 0. The molecule has 0 amide bonds. The van der Waals surface area contributed by atoms with Crippen LogP contribution in [0, 0.1) is 0 Å². The molecule has 2 saturated heterocycles. The number of anilines is 4. The summed E-state index contributed by atoms with van der Waals surface area (Å²) >= 11 is 0. The molecule has 2 aromatic carbocycles. The molecule has 0 atom stereocenters. The Labute approximate surface area is 236 Å². The van der Waals surface area contributed by atoms with Crippen molar-refractivity contribution in [2.75, 3.05) is 87.7 Å². The normalized spacial score (nSPS) is 16.4. The molecular weight excluding hydrogens is 500 g/mol. The van der Waals surface area contributed by atoms with Gasteiger partial charge in [-0.1, -0.05) is 60.7 Å². The molecule has 0 saturated carbocycles. The van der Waals surface area contributed by atoms with Crippen LogP contribution in [0.1, 0.15) is 0 Å². The quantitative estimate of drug-likeness (QED) is 0.402. The van der Waals surface area contributed by atoms with Gasteiger partial charge < -0.3 is 31.1 Å². The van der Waals surface area contributed by atoms with E-state index in [1.165, 1.54) is 0 Å². The molecule has 4 aromatic rings. The molecule has 40 heavy (non-hydrogen) atoms. The van der Waals surface area contributed by atoms with Gasteiger partial charge in [0.1, 0.15) is 11.6 Å². The van der Waals surface area contributed by atoms with Gasteiger partial charge in [0.15, 0.2) is 0 Å². The van der Waals surface area contributed by atoms with E-state index >= 15 is 0 Å². The Morgan fingerprint density at radius 3 is 1.20 bits per heavy atom. The lowest BCUT2D eigenvalue weighted by molar-refractivity contribution is 0.312. The van der Waals surface area contributed by atoms with Crippen molar-refractivity contribution in [1.82, 2.24) is 29.7 Å². The fourth-order valence-electron chi connectivity index (χ4n) is 4.81. The topological polar surface area (TPSA) is 117 Å². The first-order chi connectivity index (χ1) is 19.4. The molecule has 0 bridgehead atoms. The van der Waals surface area contributed by atoms with Gasteiger partial charge in [-0.05, 0) is 14.1 Å². The first-order valence-electron chi connectivity index (χ1n) is 13.7. The third-order valence-electron chi connectivity index (χ3n) is 7.25. The van der Waals surface area contributed by atoms with Crippen molar-refractivity contribution < 1.29 is 0 Å². The summed E-state index contributed by atoms with van der Waals surface area (Å²) in [6.07, 6.45) is 0. The van der Waals surface area contributed by atoms with E-state index in [0.29, 0.717) is 11.9 Å². The second kappa shape index (κ2) is 12.7. The van der Waals surface area contributed by atoms with Crippen LogP contribution in [0.25, 0.3) is 22.5 Å². The molecule has 0 radical (unpaired) electrons. The number of nitrogens with two attached hydrogens (primary N) is 2. The maximum atomic E-state index is 5.87. The molecule has 208 valence electrons. The third kappa shape index (κ3) is 7.02. The minimum Gasteiger partial charge on any atom is -0.368 e. The number of hydrogen-bond acceptors (Lipinski definition) is 10. The van der Waals surface area contributed by atoms with Gasteiger partial charge >= 0.3 is 0 Å². The molecule has 2 fully saturated rings. The van der Waals surface area contributed by atoms with Gasteiger partial charge in [0.05, 0.1) is 11.4 Å². The molecule has 4 N–H and O–H groups in total. The lowest BCUT2D eigenvalue weighted by atomic mass is 10.1. The Bertz CT molecular complexity index is 1260. The molecule has 2 aromatic heterocycles. The lowest BCUT2D eigenvalue weighted by Gasteiger charge is -2.33. The van der Waals surface area contributed by atoms with E-state index in [1.807, 2.05) is 72.8 Å². The maximum absolute atomic E-state index is 5.87. The summed E-state index contributed by atoms with van der Waals surface area (Å²) in [6, 6.07) is 24.2. The van der Waals surface area contributed by atoms with E-state index in [1.54, 1.807) is 0 Å². The Hall–Kier alpha value is -4.28. The Morgan fingerprint density at radius 2 is 0.850 bits per heavy atom. The molecule has 2 aliphatic heterocycles. The van der Waals surface area contributed by atoms with Crippen LogP contribution < -0.4 is 21.3 Å². The van der Waals surface area contributed by atoms with Gasteiger partial charge in [-0.15, -0.1) is 0 Å². The smallest absolute Gasteiger partial charge is 0.222 e. The summed E-state index contributed by atoms with van der Waals surface area (Å²) < 4.78 is 0. The van der Waals surface area contributed by atoms with Gasteiger partial charge in [0.25, 0.3) is 0 Å². The van der Waals surface area contributed by atoms with Crippen LogP contribution in [0.15, 0.2) is 72.8 Å². The Kier molecular flexibility index (Phi) is 8.68. The van der Waals surface area contributed by atoms with Crippen molar-refractivity contribution in [3.8, 4) is 22.5 Å². The van der Waals surface area contributed by atoms with E-state index in [-0.39, 0.29) is 0 Å². The van der Waals surface area contributed by atoms with Crippen LogP contribution >= 0.6 is 0 Å². The zero-order valence-corrected chi connectivity index (χ0v) is 23.3. The average Bonchev–Trinajstić information content (AvgIpc) is 2.98. The van der Waals surface area contributed by atoms with Gasteiger partial charge in [0.2, 0.25) is 11.9 Å². The minimum atomic E-state index is 0.334. The summed E-state index contributed by atoms with van der Waals surface area (Å²) in [5.74, 6) is 2.51. The summed E-state index contributed by atoms with van der Waals surface area (Å²) in [5.41, 5.74) is 15.6. The van der Waals surface area contributed by atoms with Crippen molar-refractivity contribution >= 4 is 23.5 Å². The number of piperazine rings is 2. The second-order valence-corrected chi connectivity index (χ2v) is 10.3. The molecule has 6 rings (SSSR count). The number of likely N-dealkylation sites (N-methyl/N-ethyl adjacent to an activating group) is 2. The molecule has 0 aliphatic carbocycles. The molecule has 10 nitrogen and oxygen atoms in total. The van der Waals surface area contributed by atoms with Crippen LogP contribution in [0.2, 0.25) is 0 Å². The number of hydrogen-bond donors (Lipinski definition) is 2. The SMILES string of the molecule is CN1CCN(c2cc(-c3ccccc3)nc(N)n2)CC1.CN1CCN(c2cc(-c3ccccc3)nc(N)n2)CC1. The largest absolute Gasteiger partial charge is 0.368 e. The minimum absolute atomic E-state index is 0.334. The zero-order valence-electron chi connectivity index (χ0n) is 23.3. The summed E-state index contributed by atoms with van der Waals surface area (Å²) in [6.45, 7) is 8.08. The number of benzene rings is 2. The van der Waals surface area contributed by atoms with Gasteiger partial charge in [-0.2, -0.15) is 9.97 Å². The Balaban J connectivity index is 0.000000161. The van der Waals surface area contributed by atoms with Crippen LogP contribution in [0.3, 0.4) is 0 Å². The first-order valence-corrected chi connectivity index (χ1v) is 13.7. The fraction of sp³-hybridized carbons (Fsp3) is 0.333. The van der Waals surface area contributed by atoms with Gasteiger partial charge in [0, 0.05) is 75.6 Å². The van der Waals surface area contributed by atoms with E-state index in [4.69, 9.17) is 11.5 Å². The highest BCUT2D eigenvalue weighted by molar-refractivity contribution is 5.65. The van der Waals surface area contributed by atoms with E-state index in [2.05, 4.69) is 53.6 Å². The van der Waals surface area contributed by atoms with Gasteiger partial charge in [-0.25, -0.2) is 9.97 Å². The standard InChI is InChI=1S/2C15H19N5/c2*1-19-7-9-20(10-8-19)14-11-13(17-15(16)18-14)12-5-3-2-4-6-12/h2*2-6,11H,7-10H2,1H3,(H2,16,17,18). The van der Waals surface area contributed by atoms with Crippen molar-refractivity contribution in [1.29, 1.82) is 0 Å². The van der Waals surface area contributed by atoms with Crippen LogP contribution in [-0.4, -0.2) is 96.2 Å². The zero-order chi connectivity index (χ0) is 27.9. The van der Waals surface area contributed by atoms with Crippen LogP contribution in [0.4, 0.5) is 23.5 Å². The average molecular weight is 539 g/mol. The molecule has 2 aliphatic rings. The van der Waals surface area contributed by atoms with E-state index < -0.39 is 0 Å². The predicted molar refractivity (Wildman–Crippen MR) is 163 cm³/mol. The van der Waals surface area contributed by atoms with E-state index in [9.17, 15) is 0 Å². The Morgan fingerprint density at radius 1 is 0.500 bits per heavy atom. The van der Waals surface area contributed by atoms with Crippen molar-refractivity contribution in [2.45, 2.75) is 0 Å². The highest BCUT2D eigenvalue weighted by Crippen LogP contribution is 2.24. The number of nitrogen functional groups attached to an aromatic ring is 2.